The summed E-state index contributed by atoms with van der Waals surface area (Å²) in [4.78, 5) is 22.4. The number of rotatable bonds is 3. The van der Waals surface area contributed by atoms with Gasteiger partial charge in [-0.05, 0) is 55.6 Å². The Hall–Kier alpha value is -1.35. The molecule has 1 aliphatic rings. The summed E-state index contributed by atoms with van der Waals surface area (Å²) in [5.41, 5.74) is 1.83. The zero-order chi connectivity index (χ0) is 15.5. The highest BCUT2D eigenvalue weighted by Crippen LogP contribution is 2.38. The summed E-state index contributed by atoms with van der Waals surface area (Å²) >= 11 is 0. The van der Waals surface area contributed by atoms with Crippen LogP contribution >= 0.6 is 0 Å². The topological polar surface area (TPSA) is 35.5 Å². The molecule has 1 fully saturated rings. The van der Waals surface area contributed by atoms with Gasteiger partial charge in [-0.3, -0.25) is 4.89 Å². The average Bonchev–Trinajstić information content (AvgIpc) is 2.45. The van der Waals surface area contributed by atoms with Crippen LogP contribution in [0.3, 0.4) is 0 Å². The molecule has 116 valence electrons. The quantitative estimate of drug-likeness (QED) is 0.598. The maximum Gasteiger partial charge on any atom is 0.373 e. The van der Waals surface area contributed by atoms with Crippen molar-refractivity contribution < 1.29 is 14.6 Å². The molecule has 21 heavy (non-hydrogen) atoms. The fraction of sp³-hybridized carbons (Fsp3) is 0.611. The molecule has 0 heterocycles. The predicted octanol–water partition coefficient (Wildman–Crippen LogP) is 4.69. The van der Waals surface area contributed by atoms with Gasteiger partial charge in [0.2, 0.25) is 0 Å². The van der Waals surface area contributed by atoms with E-state index in [2.05, 4.69) is 20.8 Å². The monoisotopic (exact) mass is 290 g/mol. The van der Waals surface area contributed by atoms with Crippen molar-refractivity contribution in [3.63, 3.8) is 0 Å². The first-order valence-corrected chi connectivity index (χ1v) is 7.81. The largest absolute Gasteiger partial charge is 0.373 e. The summed E-state index contributed by atoms with van der Waals surface area (Å²) in [6.07, 6.45) is 4.23. The van der Waals surface area contributed by atoms with E-state index in [4.69, 9.17) is 9.78 Å². The van der Waals surface area contributed by atoms with E-state index < -0.39 is 5.97 Å². The lowest BCUT2D eigenvalue weighted by atomic mass is 9.72. The summed E-state index contributed by atoms with van der Waals surface area (Å²) in [5.74, 6) is 0.329. The van der Waals surface area contributed by atoms with Gasteiger partial charge >= 0.3 is 5.97 Å². The lowest BCUT2D eigenvalue weighted by Crippen LogP contribution is -2.29. The van der Waals surface area contributed by atoms with E-state index in [1.54, 1.807) is 6.07 Å². The summed E-state index contributed by atoms with van der Waals surface area (Å²) in [7, 11) is 0. The Bertz CT molecular complexity index is 479. The molecular formula is C18H26O3. The van der Waals surface area contributed by atoms with Gasteiger partial charge in [-0.2, -0.15) is 4.89 Å². The molecule has 0 saturated heterocycles. The van der Waals surface area contributed by atoms with Crippen molar-refractivity contribution in [2.45, 2.75) is 59.5 Å². The highest BCUT2D eigenvalue weighted by atomic mass is 17.2. The minimum atomic E-state index is -0.397. The molecule has 1 aliphatic carbocycles. The van der Waals surface area contributed by atoms with Crippen LogP contribution in [0.1, 0.15) is 62.4 Å². The summed E-state index contributed by atoms with van der Waals surface area (Å²) in [6.45, 7) is 8.76. The molecule has 0 aliphatic heterocycles. The molecule has 0 aromatic heterocycles. The van der Waals surface area contributed by atoms with E-state index >= 15 is 0 Å². The van der Waals surface area contributed by atoms with Crippen molar-refractivity contribution in [2.75, 3.05) is 0 Å². The minimum Gasteiger partial charge on any atom is -0.293 e. The molecule has 3 nitrogen and oxygen atoms in total. The number of hydrogen-bond donors (Lipinski definition) is 0. The summed E-state index contributed by atoms with van der Waals surface area (Å²) in [5, 5.41) is 0. The van der Waals surface area contributed by atoms with Gasteiger partial charge in [0.1, 0.15) is 6.10 Å². The third-order valence-electron chi connectivity index (χ3n) is 4.52. The van der Waals surface area contributed by atoms with Crippen LogP contribution in [0.25, 0.3) is 0 Å². The van der Waals surface area contributed by atoms with Crippen LogP contribution < -0.4 is 0 Å². The number of aryl methyl sites for hydroxylation is 1. The van der Waals surface area contributed by atoms with Gasteiger partial charge in [0, 0.05) is 0 Å². The Morgan fingerprint density at radius 1 is 1.10 bits per heavy atom. The molecule has 2 rings (SSSR count). The summed E-state index contributed by atoms with van der Waals surface area (Å²) in [6, 6.07) is 7.39. The molecule has 0 spiro atoms. The zero-order valence-corrected chi connectivity index (χ0v) is 13.5. The number of carbonyl (C=O) groups excluding carboxylic acids is 1. The number of benzene rings is 1. The molecule has 0 bridgehead atoms. The normalized spacial score (nSPS) is 22.9. The molecule has 3 heteroatoms. The van der Waals surface area contributed by atoms with Gasteiger partial charge in [0.15, 0.2) is 0 Å². The molecular weight excluding hydrogens is 264 g/mol. The molecule has 0 unspecified atom stereocenters. The van der Waals surface area contributed by atoms with Crippen LogP contribution in [-0.4, -0.2) is 12.1 Å². The molecule has 1 saturated carbocycles. The van der Waals surface area contributed by atoms with Crippen molar-refractivity contribution in [3.05, 3.63) is 35.4 Å². The molecule has 0 radical (unpaired) electrons. The van der Waals surface area contributed by atoms with Crippen LogP contribution in [0.5, 0.6) is 0 Å². The second kappa shape index (κ2) is 6.61. The molecule has 0 amide bonds. The van der Waals surface area contributed by atoms with E-state index in [9.17, 15) is 4.79 Å². The van der Waals surface area contributed by atoms with Crippen LogP contribution in [0.15, 0.2) is 24.3 Å². The van der Waals surface area contributed by atoms with Gasteiger partial charge in [-0.1, -0.05) is 39.0 Å². The molecule has 0 N–H and O–H groups in total. The Labute approximate surface area is 127 Å². The minimum absolute atomic E-state index is 0.0385. The zero-order valence-electron chi connectivity index (χ0n) is 13.5. The highest BCUT2D eigenvalue weighted by Gasteiger charge is 2.31. The second-order valence-electron chi connectivity index (χ2n) is 7.12. The van der Waals surface area contributed by atoms with Gasteiger partial charge < -0.3 is 0 Å². The first kappa shape index (κ1) is 16.0. The molecule has 1 aromatic carbocycles. The van der Waals surface area contributed by atoms with Gasteiger partial charge in [0.25, 0.3) is 0 Å². The van der Waals surface area contributed by atoms with Crippen LogP contribution in [0.4, 0.5) is 0 Å². The van der Waals surface area contributed by atoms with Crippen molar-refractivity contribution in [2.24, 2.45) is 11.3 Å². The number of carbonyl (C=O) groups is 1. The van der Waals surface area contributed by atoms with Crippen molar-refractivity contribution in [1.82, 2.24) is 0 Å². The van der Waals surface area contributed by atoms with E-state index in [0.29, 0.717) is 11.0 Å². The fourth-order valence-electron chi connectivity index (χ4n) is 2.98. The van der Waals surface area contributed by atoms with Gasteiger partial charge in [0.05, 0.1) is 5.56 Å². The van der Waals surface area contributed by atoms with Gasteiger partial charge in [-0.25, -0.2) is 4.79 Å². The summed E-state index contributed by atoms with van der Waals surface area (Å²) < 4.78 is 0. The van der Waals surface area contributed by atoms with Crippen LogP contribution in [-0.2, 0) is 9.78 Å². The first-order chi connectivity index (χ1) is 9.88. The van der Waals surface area contributed by atoms with Crippen molar-refractivity contribution >= 4 is 5.97 Å². The average molecular weight is 290 g/mol. The lowest BCUT2D eigenvalue weighted by Gasteiger charge is -2.36. The van der Waals surface area contributed by atoms with Gasteiger partial charge in [-0.15, -0.1) is 0 Å². The van der Waals surface area contributed by atoms with Crippen molar-refractivity contribution in [1.29, 1.82) is 0 Å². The Morgan fingerprint density at radius 3 is 2.29 bits per heavy atom. The second-order valence-corrected chi connectivity index (χ2v) is 7.12. The third-order valence-corrected chi connectivity index (χ3v) is 4.52. The first-order valence-electron chi connectivity index (χ1n) is 7.81. The fourth-order valence-corrected chi connectivity index (χ4v) is 2.98. The Balaban J connectivity index is 1.80. The van der Waals surface area contributed by atoms with Crippen molar-refractivity contribution in [3.8, 4) is 0 Å². The maximum absolute atomic E-state index is 12.0. The standard InChI is InChI=1S/C18H26O3/c1-13-7-5-6-8-16(13)17(19)21-20-15-11-9-14(10-12-15)18(2,3)4/h5-8,14-15H,9-12H2,1-4H3. The Morgan fingerprint density at radius 2 is 1.71 bits per heavy atom. The van der Waals surface area contributed by atoms with E-state index in [0.717, 1.165) is 37.2 Å². The lowest BCUT2D eigenvalue weighted by molar-refractivity contribution is -0.281. The predicted molar refractivity (Wildman–Crippen MR) is 82.9 cm³/mol. The molecule has 1 aromatic rings. The van der Waals surface area contributed by atoms with Crippen LogP contribution in [0.2, 0.25) is 0 Å². The van der Waals surface area contributed by atoms with Crippen LogP contribution in [0, 0.1) is 18.3 Å². The van der Waals surface area contributed by atoms with E-state index in [1.165, 1.54) is 0 Å². The number of hydrogen-bond acceptors (Lipinski definition) is 3. The SMILES string of the molecule is Cc1ccccc1C(=O)OOC1CCC(C(C)(C)C)CC1. The maximum atomic E-state index is 12.0. The van der Waals surface area contributed by atoms with E-state index in [1.807, 2.05) is 25.1 Å². The Kier molecular flexibility index (Phi) is 5.04. The third kappa shape index (κ3) is 4.31. The van der Waals surface area contributed by atoms with E-state index in [-0.39, 0.29) is 6.10 Å². The molecule has 0 atom stereocenters. The smallest absolute Gasteiger partial charge is 0.293 e. The highest BCUT2D eigenvalue weighted by molar-refractivity contribution is 5.90.